The van der Waals surface area contributed by atoms with Crippen LogP contribution in [0.1, 0.15) is 35.9 Å². The molecule has 5 heteroatoms. The van der Waals surface area contributed by atoms with Crippen LogP contribution in [0.2, 0.25) is 0 Å². The minimum atomic E-state index is 0.0169. The Balaban J connectivity index is 1.70. The van der Waals surface area contributed by atoms with Crippen LogP contribution in [-0.2, 0) is 9.47 Å². The lowest BCUT2D eigenvalue weighted by molar-refractivity contribution is 0.0302. The van der Waals surface area contributed by atoms with E-state index in [0.29, 0.717) is 38.5 Å². The number of carbonyl (C=O) groups excluding carboxylic acids is 1. The van der Waals surface area contributed by atoms with Crippen molar-refractivity contribution in [3.05, 3.63) is 53.7 Å². The molecule has 0 spiro atoms. The number of amides is 1. The maximum absolute atomic E-state index is 12.4. The van der Waals surface area contributed by atoms with Crippen molar-refractivity contribution in [1.82, 2.24) is 9.88 Å². The second-order valence-corrected chi connectivity index (χ2v) is 6.06. The molecule has 1 aromatic heterocycles. The van der Waals surface area contributed by atoms with Gasteiger partial charge in [-0.1, -0.05) is 24.3 Å². The number of rotatable bonds is 5. The van der Waals surface area contributed by atoms with Crippen LogP contribution in [-0.4, -0.2) is 48.7 Å². The van der Waals surface area contributed by atoms with Crippen molar-refractivity contribution >= 4 is 5.91 Å². The Labute approximate surface area is 148 Å². The van der Waals surface area contributed by atoms with E-state index in [1.807, 2.05) is 43.0 Å². The topological polar surface area (TPSA) is 51.7 Å². The first-order valence-corrected chi connectivity index (χ1v) is 8.74. The highest BCUT2D eigenvalue weighted by atomic mass is 16.5. The maximum atomic E-state index is 12.4. The van der Waals surface area contributed by atoms with Gasteiger partial charge in [0.1, 0.15) is 0 Å². The number of morpholine rings is 1. The molecule has 132 valence electrons. The summed E-state index contributed by atoms with van der Waals surface area (Å²) < 4.78 is 10.9. The number of hydrogen-bond donors (Lipinski definition) is 0. The highest BCUT2D eigenvalue weighted by molar-refractivity contribution is 5.94. The van der Waals surface area contributed by atoms with E-state index in [9.17, 15) is 4.79 Å². The Morgan fingerprint density at radius 2 is 1.92 bits per heavy atom. The summed E-state index contributed by atoms with van der Waals surface area (Å²) in [6.07, 6.45) is 1.74. The molecule has 1 aliphatic heterocycles. The van der Waals surface area contributed by atoms with Gasteiger partial charge in [0.2, 0.25) is 0 Å². The van der Waals surface area contributed by atoms with Gasteiger partial charge in [-0.2, -0.15) is 0 Å². The van der Waals surface area contributed by atoms with Crippen molar-refractivity contribution in [1.29, 1.82) is 0 Å². The van der Waals surface area contributed by atoms with Crippen LogP contribution in [0.25, 0.3) is 11.3 Å². The highest BCUT2D eigenvalue weighted by Crippen LogP contribution is 2.22. The fourth-order valence-corrected chi connectivity index (χ4v) is 2.91. The molecular formula is C20H24N2O3. The Bertz CT molecular complexity index is 692. The number of benzene rings is 1. The van der Waals surface area contributed by atoms with Gasteiger partial charge in [-0.15, -0.1) is 0 Å². The molecule has 0 aliphatic carbocycles. The summed E-state index contributed by atoms with van der Waals surface area (Å²) in [7, 11) is 0. The van der Waals surface area contributed by atoms with Crippen molar-refractivity contribution in [2.75, 3.05) is 32.9 Å². The van der Waals surface area contributed by atoms with Crippen LogP contribution < -0.4 is 0 Å². The first-order chi connectivity index (χ1) is 12.2. The largest absolute Gasteiger partial charge is 0.378 e. The summed E-state index contributed by atoms with van der Waals surface area (Å²) in [5, 5.41) is 0. The standard InChI is InChI=1S/C20H24N2O3/c1-3-25-15(2)16-4-6-17(7-5-16)19-9-8-18(14-21-19)20(23)22-10-12-24-13-11-22/h4-9,14-15H,3,10-13H2,1-2H3. The summed E-state index contributed by atoms with van der Waals surface area (Å²) in [6.45, 7) is 7.22. The number of nitrogens with zero attached hydrogens (tertiary/aromatic N) is 2. The van der Waals surface area contributed by atoms with Crippen LogP contribution in [0.15, 0.2) is 42.6 Å². The normalized spacial score (nSPS) is 15.8. The van der Waals surface area contributed by atoms with Crippen LogP contribution >= 0.6 is 0 Å². The zero-order chi connectivity index (χ0) is 17.6. The van der Waals surface area contributed by atoms with E-state index in [0.717, 1.165) is 16.8 Å². The van der Waals surface area contributed by atoms with Crippen LogP contribution in [0.4, 0.5) is 0 Å². The molecule has 1 aromatic carbocycles. The summed E-state index contributed by atoms with van der Waals surface area (Å²) in [6, 6.07) is 11.9. The fourth-order valence-electron chi connectivity index (χ4n) is 2.91. The molecule has 25 heavy (non-hydrogen) atoms. The van der Waals surface area contributed by atoms with E-state index >= 15 is 0 Å². The molecule has 2 aromatic rings. The van der Waals surface area contributed by atoms with Gasteiger partial charge in [0.15, 0.2) is 0 Å². The van der Waals surface area contributed by atoms with Crippen LogP contribution in [0.3, 0.4) is 0 Å². The summed E-state index contributed by atoms with van der Waals surface area (Å²) in [5.74, 6) is 0.0169. The summed E-state index contributed by atoms with van der Waals surface area (Å²) >= 11 is 0. The lowest BCUT2D eigenvalue weighted by Crippen LogP contribution is -2.40. The molecule has 0 N–H and O–H groups in total. The molecule has 0 radical (unpaired) electrons. The third-order valence-electron chi connectivity index (χ3n) is 4.40. The second-order valence-electron chi connectivity index (χ2n) is 6.06. The zero-order valence-electron chi connectivity index (χ0n) is 14.8. The number of aromatic nitrogens is 1. The molecule has 5 nitrogen and oxygen atoms in total. The minimum Gasteiger partial charge on any atom is -0.378 e. The van der Waals surface area contributed by atoms with E-state index in [2.05, 4.69) is 17.1 Å². The van der Waals surface area contributed by atoms with E-state index in [4.69, 9.17) is 9.47 Å². The number of carbonyl (C=O) groups is 1. The Hall–Kier alpha value is -2.24. The van der Waals surface area contributed by atoms with Gasteiger partial charge >= 0.3 is 0 Å². The lowest BCUT2D eigenvalue weighted by Gasteiger charge is -2.26. The van der Waals surface area contributed by atoms with Crippen LogP contribution in [0.5, 0.6) is 0 Å². The number of pyridine rings is 1. The fraction of sp³-hybridized carbons (Fsp3) is 0.400. The first-order valence-electron chi connectivity index (χ1n) is 8.74. The van der Waals surface area contributed by atoms with E-state index in [1.165, 1.54) is 0 Å². The van der Waals surface area contributed by atoms with Crippen molar-refractivity contribution in [2.24, 2.45) is 0 Å². The third kappa shape index (κ3) is 4.24. The molecule has 0 saturated carbocycles. The summed E-state index contributed by atoms with van der Waals surface area (Å²) in [5.41, 5.74) is 3.64. The number of hydrogen-bond acceptors (Lipinski definition) is 4. The Morgan fingerprint density at radius 3 is 2.52 bits per heavy atom. The Morgan fingerprint density at radius 1 is 1.20 bits per heavy atom. The number of ether oxygens (including phenoxy) is 2. The molecule has 1 fully saturated rings. The molecule has 2 heterocycles. The van der Waals surface area contributed by atoms with Crippen molar-refractivity contribution < 1.29 is 14.3 Å². The van der Waals surface area contributed by atoms with Crippen molar-refractivity contribution in [2.45, 2.75) is 20.0 Å². The molecule has 1 amide bonds. The molecule has 1 unspecified atom stereocenters. The molecular weight excluding hydrogens is 316 g/mol. The minimum absolute atomic E-state index is 0.0169. The van der Waals surface area contributed by atoms with Gasteiger partial charge < -0.3 is 14.4 Å². The van der Waals surface area contributed by atoms with Gasteiger partial charge in [0, 0.05) is 31.5 Å². The van der Waals surface area contributed by atoms with E-state index in [1.54, 1.807) is 6.20 Å². The molecule has 1 saturated heterocycles. The molecule has 0 bridgehead atoms. The third-order valence-corrected chi connectivity index (χ3v) is 4.40. The van der Waals surface area contributed by atoms with Gasteiger partial charge in [-0.05, 0) is 31.5 Å². The highest BCUT2D eigenvalue weighted by Gasteiger charge is 2.18. The second kappa shape index (κ2) is 8.23. The van der Waals surface area contributed by atoms with Gasteiger partial charge in [-0.3, -0.25) is 9.78 Å². The maximum Gasteiger partial charge on any atom is 0.255 e. The smallest absolute Gasteiger partial charge is 0.255 e. The SMILES string of the molecule is CCOC(C)c1ccc(-c2ccc(C(=O)N3CCOCC3)cn2)cc1. The average molecular weight is 340 g/mol. The van der Waals surface area contributed by atoms with Crippen molar-refractivity contribution in [3.8, 4) is 11.3 Å². The lowest BCUT2D eigenvalue weighted by atomic mass is 10.1. The van der Waals surface area contributed by atoms with Gasteiger partial charge in [-0.25, -0.2) is 0 Å². The summed E-state index contributed by atoms with van der Waals surface area (Å²) in [4.78, 5) is 18.7. The van der Waals surface area contributed by atoms with Gasteiger partial charge in [0.25, 0.3) is 5.91 Å². The van der Waals surface area contributed by atoms with Crippen molar-refractivity contribution in [3.63, 3.8) is 0 Å². The molecule has 1 aliphatic rings. The van der Waals surface area contributed by atoms with Gasteiger partial charge in [0.05, 0.1) is 30.6 Å². The predicted octanol–water partition coefficient (Wildman–Crippen LogP) is 3.32. The van der Waals surface area contributed by atoms with E-state index in [-0.39, 0.29) is 12.0 Å². The Kier molecular flexibility index (Phi) is 5.79. The monoisotopic (exact) mass is 340 g/mol. The van der Waals surface area contributed by atoms with Crippen LogP contribution in [0, 0.1) is 0 Å². The predicted molar refractivity (Wildman–Crippen MR) is 96.4 cm³/mol. The first kappa shape index (κ1) is 17.6. The zero-order valence-corrected chi connectivity index (χ0v) is 14.8. The average Bonchev–Trinajstić information content (AvgIpc) is 2.68. The molecule has 3 rings (SSSR count). The quantitative estimate of drug-likeness (QED) is 0.838. The van der Waals surface area contributed by atoms with E-state index < -0.39 is 0 Å². The molecule has 1 atom stereocenters.